The molecule has 88 valence electrons. The summed E-state index contributed by atoms with van der Waals surface area (Å²) in [5.41, 5.74) is 0.268. The van der Waals surface area contributed by atoms with E-state index in [1.165, 1.54) is 6.20 Å². The van der Waals surface area contributed by atoms with E-state index in [2.05, 4.69) is 9.97 Å². The lowest BCUT2D eigenvalue weighted by molar-refractivity contribution is 0.415. The molecule has 1 aromatic carbocycles. The maximum atomic E-state index is 11.6. The standard InChI is InChI=1S/C13H8N2O3/c1-18-8-4-2-7(3-5-8)11-10-9(12(16)15-11)6-14-13(10)17/h2-6H,1H3. The van der Waals surface area contributed by atoms with Crippen LogP contribution in [-0.2, 0) is 0 Å². The van der Waals surface area contributed by atoms with E-state index in [0.29, 0.717) is 22.2 Å². The van der Waals surface area contributed by atoms with Crippen molar-refractivity contribution in [2.75, 3.05) is 7.11 Å². The lowest BCUT2D eigenvalue weighted by atomic mass is 10.1. The lowest BCUT2D eigenvalue weighted by Crippen LogP contribution is -2.01. The second-order valence-corrected chi connectivity index (χ2v) is 3.85. The Morgan fingerprint density at radius 2 is 1.78 bits per heavy atom. The smallest absolute Gasteiger partial charge is 0.280 e. The molecule has 0 aromatic heterocycles. The summed E-state index contributed by atoms with van der Waals surface area (Å²) in [6.07, 6.45) is 1.28. The molecule has 0 saturated heterocycles. The van der Waals surface area contributed by atoms with Gasteiger partial charge in [-0.1, -0.05) is 0 Å². The molecule has 0 saturated carbocycles. The first-order chi connectivity index (χ1) is 8.70. The number of ether oxygens (including phenoxy) is 1. The quantitative estimate of drug-likeness (QED) is 0.651. The Labute approximate surface area is 101 Å². The van der Waals surface area contributed by atoms with E-state index >= 15 is 0 Å². The van der Waals surface area contributed by atoms with Gasteiger partial charge in [0, 0.05) is 11.8 Å². The van der Waals surface area contributed by atoms with Crippen LogP contribution in [0.2, 0.25) is 0 Å². The second-order valence-electron chi connectivity index (χ2n) is 3.85. The van der Waals surface area contributed by atoms with Crippen LogP contribution in [0.5, 0.6) is 5.75 Å². The monoisotopic (exact) mass is 240 g/mol. The van der Waals surface area contributed by atoms with Gasteiger partial charge >= 0.3 is 0 Å². The first kappa shape index (κ1) is 10.6. The summed E-state index contributed by atoms with van der Waals surface area (Å²) >= 11 is 0. The number of hydrogen-bond donors (Lipinski definition) is 0. The molecule has 0 radical (unpaired) electrons. The maximum Gasteiger partial charge on any atom is 0.280 e. The molecule has 2 aliphatic heterocycles. The highest BCUT2D eigenvalue weighted by Crippen LogP contribution is 2.20. The number of rotatable bonds is 2. The first-order valence-electron chi connectivity index (χ1n) is 5.31. The number of hydrogen-bond acceptors (Lipinski definition) is 5. The highest BCUT2D eigenvalue weighted by Gasteiger charge is 2.13. The van der Waals surface area contributed by atoms with Gasteiger partial charge in [-0.25, -0.2) is 9.97 Å². The fourth-order valence-corrected chi connectivity index (χ4v) is 1.93. The predicted molar refractivity (Wildman–Crippen MR) is 64.2 cm³/mol. The second kappa shape index (κ2) is 3.73. The van der Waals surface area contributed by atoms with Crippen molar-refractivity contribution in [3.8, 4) is 17.0 Å². The van der Waals surface area contributed by atoms with Gasteiger partial charge in [0.05, 0.1) is 23.2 Å². The van der Waals surface area contributed by atoms with E-state index in [9.17, 15) is 9.59 Å². The summed E-state index contributed by atoms with van der Waals surface area (Å²) in [5, 5.41) is 0.580. The molecule has 5 heteroatoms. The minimum absolute atomic E-state index is 0.283. The van der Waals surface area contributed by atoms with E-state index in [0.717, 1.165) is 0 Å². The summed E-state index contributed by atoms with van der Waals surface area (Å²) in [5.74, 6) is 0.701. The molecule has 0 bridgehead atoms. The summed E-state index contributed by atoms with van der Waals surface area (Å²) in [6.45, 7) is 0. The predicted octanol–water partition coefficient (Wildman–Crippen LogP) is 0.473. The molecule has 0 amide bonds. The molecule has 3 rings (SSSR count). The van der Waals surface area contributed by atoms with Gasteiger partial charge in [-0.2, -0.15) is 0 Å². The van der Waals surface area contributed by atoms with Gasteiger partial charge in [-0.15, -0.1) is 0 Å². The first-order valence-corrected chi connectivity index (χ1v) is 5.31. The molecule has 0 atom stereocenters. The SMILES string of the molecule is COc1ccc(-c2nc(=O)c3cnc(=O)c2=3)cc1. The van der Waals surface area contributed by atoms with Crippen LogP contribution < -0.4 is 15.9 Å². The van der Waals surface area contributed by atoms with Crippen LogP contribution in [0.1, 0.15) is 0 Å². The molecular formula is C13H8N2O3. The van der Waals surface area contributed by atoms with Crippen LogP contribution in [0.3, 0.4) is 0 Å². The van der Waals surface area contributed by atoms with Crippen LogP contribution in [-0.4, -0.2) is 17.1 Å². The highest BCUT2D eigenvalue weighted by molar-refractivity contribution is 5.61. The van der Waals surface area contributed by atoms with Gasteiger partial charge in [-0.05, 0) is 24.3 Å². The van der Waals surface area contributed by atoms with Gasteiger partial charge in [-0.3, -0.25) is 9.59 Å². The number of methoxy groups -OCH3 is 1. The van der Waals surface area contributed by atoms with Crippen molar-refractivity contribution in [3.63, 3.8) is 0 Å². The molecule has 0 spiro atoms. The number of benzene rings is 1. The fraction of sp³-hybridized carbons (Fsp3) is 0.0769. The average Bonchev–Trinajstić information content (AvgIpc) is 2.92. The zero-order valence-corrected chi connectivity index (χ0v) is 9.51. The molecule has 2 aliphatic rings. The Morgan fingerprint density at radius 3 is 2.44 bits per heavy atom. The third-order valence-electron chi connectivity index (χ3n) is 2.84. The molecule has 2 heterocycles. The zero-order valence-electron chi connectivity index (χ0n) is 9.51. The highest BCUT2D eigenvalue weighted by atomic mass is 16.5. The van der Waals surface area contributed by atoms with Crippen molar-refractivity contribution in [1.29, 1.82) is 0 Å². The normalized spacial score (nSPS) is 10.9. The fourth-order valence-electron chi connectivity index (χ4n) is 1.93. The third-order valence-corrected chi connectivity index (χ3v) is 2.84. The topological polar surface area (TPSA) is 69.2 Å². The van der Waals surface area contributed by atoms with Gasteiger partial charge in [0.2, 0.25) is 0 Å². The minimum atomic E-state index is -0.412. The Balaban J connectivity index is 2.30. The van der Waals surface area contributed by atoms with Crippen LogP contribution in [0.15, 0.2) is 40.1 Å². The third kappa shape index (κ3) is 1.41. The molecule has 5 nitrogen and oxygen atoms in total. The largest absolute Gasteiger partial charge is 0.497 e. The summed E-state index contributed by atoms with van der Waals surface area (Å²) in [7, 11) is 1.57. The summed E-state index contributed by atoms with van der Waals surface area (Å²) < 4.78 is 5.05. The average molecular weight is 240 g/mol. The molecule has 0 unspecified atom stereocenters. The molecule has 0 fully saturated rings. The van der Waals surface area contributed by atoms with Gasteiger partial charge < -0.3 is 4.74 Å². The van der Waals surface area contributed by atoms with Gasteiger partial charge in [0.1, 0.15) is 5.75 Å². The Kier molecular flexibility index (Phi) is 2.19. The maximum absolute atomic E-state index is 11.6. The number of nitrogens with zero attached hydrogens (tertiary/aromatic N) is 2. The van der Waals surface area contributed by atoms with Crippen molar-refractivity contribution in [2.45, 2.75) is 0 Å². The minimum Gasteiger partial charge on any atom is -0.497 e. The van der Waals surface area contributed by atoms with E-state index in [1.807, 2.05) is 0 Å². The van der Waals surface area contributed by atoms with Crippen LogP contribution >= 0.6 is 0 Å². The molecular weight excluding hydrogens is 232 g/mol. The van der Waals surface area contributed by atoms with E-state index in [4.69, 9.17) is 4.74 Å². The van der Waals surface area contributed by atoms with Crippen molar-refractivity contribution in [3.05, 3.63) is 61.6 Å². The molecule has 0 N–H and O–H groups in total. The van der Waals surface area contributed by atoms with Gasteiger partial charge in [0.15, 0.2) is 0 Å². The van der Waals surface area contributed by atoms with Crippen LogP contribution in [0.25, 0.3) is 11.3 Å². The lowest BCUT2D eigenvalue weighted by Gasteiger charge is -2.00. The number of aromatic nitrogens is 2. The van der Waals surface area contributed by atoms with Crippen molar-refractivity contribution in [2.24, 2.45) is 0 Å². The molecule has 18 heavy (non-hydrogen) atoms. The molecule has 1 aromatic rings. The Bertz CT molecular complexity index is 843. The zero-order chi connectivity index (χ0) is 12.7. The van der Waals surface area contributed by atoms with Crippen LogP contribution in [0.4, 0.5) is 0 Å². The van der Waals surface area contributed by atoms with Crippen LogP contribution in [0, 0.1) is 10.4 Å². The summed E-state index contributed by atoms with van der Waals surface area (Å²) in [6, 6.07) is 7.02. The van der Waals surface area contributed by atoms with Crippen molar-refractivity contribution >= 4 is 0 Å². The Morgan fingerprint density at radius 1 is 1.06 bits per heavy atom. The van der Waals surface area contributed by atoms with E-state index < -0.39 is 11.1 Å². The Hall–Kier alpha value is -2.56. The van der Waals surface area contributed by atoms with Crippen molar-refractivity contribution in [1.82, 2.24) is 9.97 Å². The van der Waals surface area contributed by atoms with E-state index in [1.54, 1.807) is 31.4 Å². The van der Waals surface area contributed by atoms with Crippen molar-refractivity contribution < 1.29 is 4.74 Å². The molecule has 0 aliphatic carbocycles. The van der Waals surface area contributed by atoms with E-state index in [-0.39, 0.29) is 5.22 Å². The van der Waals surface area contributed by atoms with Gasteiger partial charge in [0.25, 0.3) is 11.1 Å². The summed E-state index contributed by atoms with van der Waals surface area (Å²) in [4.78, 5) is 30.7.